The summed E-state index contributed by atoms with van der Waals surface area (Å²) in [6.45, 7) is 1.60. The van der Waals surface area contributed by atoms with Gasteiger partial charge in [-0.05, 0) is 37.6 Å². The summed E-state index contributed by atoms with van der Waals surface area (Å²) in [5, 5.41) is 32.3. The normalized spacial score (nSPS) is 19.6. The van der Waals surface area contributed by atoms with Crippen LogP contribution in [0, 0.1) is 0 Å². The lowest BCUT2D eigenvalue weighted by molar-refractivity contribution is 0.0104. The fourth-order valence-electron chi connectivity index (χ4n) is 2.13. The Kier molecular flexibility index (Phi) is 3.03. The lowest BCUT2D eigenvalue weighted by Gasteiger charge is -2.32. The molecule has 16 heavy (non-hydrogen) atoms. The van der Waals surface area contributed by atoms with E-state index in [-0.39, 0.29) is 11.5 Å². The minimum atomic E-state index is -0.736. The van der Waals surface area contributed by atoms with Gasteiger partial charge in [0.1, 0.15) is 11.5 Å². The van der Waals surface area contributed by atoms with Crippen LogP contribution in [0.3, 0.4) is 0 Å². The topological polar surface area (TPSA) is 72.7 Å². The van der Waals surface area contributed by atoms with E-state index in [1.807, 2.05) is 0 Å². The summed E-state index contributed by atoms with van der Waals surface area (Å²) >= 11 is 0. The SMILES string of the molecule is Oc1ccc(CC2(O)CCNCC2)c(O)c1. The fourth-order valence-corrected chi connectivity index (χ4v) is 2.13. The molecule has 0 atom stereocenters. The van der Waals surface area contributed by atoms with Crippen LogP contribution in [-0.2, 0) is 6.42 Å². The molecule has 4 nitrogen and oxygen atoms in total. The third-order valence-corrected chi connectivity index (χ3v) is 3.12. The first-order valence-corrected chi connectivity index (χ1v) is 5.53. The molecule has 4 heteroatoms. The van der Waals surface area contributed by atoms with Crippen LogP contribution in [0.4, 0.5) is 0 Å². The van der Waals surface area contributed by atoms with Gasteiger partial charge >= 0.3 is 0 Å². The van der Waals surface area contributed by atoms with Crippen LogP contribution < -0.4 is 5.32 Å². The van der Waals surface area contributed by atoms with Gasteiger partial charge in [0.15, 0.2) is 0 Å². The molecular formula is C12H17NO3. The van der Waals surface area contributed by atoms with E-state index in [1.165, 1.54) is 12.1 Å². The van der Waals surface area contributed by atoms with E-state index in [4.69, 9.17) is 0 Å². The predicted octanol–water partition coefficient (Wildman–Crippen LogP) is 0.755. The van der Waals surface area contributed by atoms with Crippen LogP contribution in [0.15, 0.2) is 18.2 Å². The second-order valence-corrected chi connectivity index (χ2v) is 4.46. The van der Waals surface area contributed by atoms with Crippen molar-refractivity contribution in [3.8, 4) is 11.5 Å². The number of piperidine rings is 1. The Morgan fingerprint density at radius 2 is 1.88 bits per heavy atom. The Bertz CT molecular complexity index is 373. The second-order valence-electron chi connectivity index (χ2n) is 4.46. The highest BCUT2D eigenvalue weighted by Gasteiger charge is 2.30. The van der Waals surface area contributed by atoms with Crippen molar-refractivity contribution in [1.82, 2.24) is 5.32 Å². The van der Waals surface area contributed by atoms with E-state index in [1.54, 1.807) is 6.07 Å². The third-order valence-electron chi connectivity index (χ3n) is 3.12. The summed E-state index contributed by atoms with van der Waals surface area (Å²) in [7, 11) is 0. The van der Waals surface area contributed by atoms with E-state index in [9.17, 15) is 15.3 Å². The quantitative estimate of drug-likeness (QED) is 0.597. The highest BCUT2D eigenvalue weighted by atomic mass is 16.3. The number of benzene rings is 1. The van der Waals surface area contributed by atoms with Crippen molar-refractivity contribution in [3.63, 3.8) is 0 Å². The first kappa shape index (κ1) is 11.2. The summed E-state index contributed by atoms with van der Waals surface area (Å²) in [5.74, 6) is 0.0884. The predicted molar refractivity (Wildman–Crippen MR) is 60.5 cm³/mol. The molecule has 0 bridgehead atoms. The highest BCUT2D eigenvalue weighted by Crippen LogP contribution is 2.29. The smallest absolute Gasteiger partial charge is 0.122 e. The third kappa shape index (κ3) is 2.46. The van der Waals surface area contributed by atoms with Gasteiger partial charge in [0.05, 0.1) is 5.60 Å². The van der Waals surface area contributed by atoms with Crippen LogP contribution >= 0.6 is 0 Å². The summed E-state index contributed by atoms with van der Waals surface area (Å²) < 4.78 is 0. The molecule has 1 fully saturated rings. The van der Waals surface area contributed by atoms with Gasteiger partial charge in [0.25, 0.3) is 0 Å². The number of aromatic hydroxyl groups is 2. The van der Waals surface area contributed by atoms with E-state index < -0.39 is 5.60 Å². The standard InChI is InChI=1S/C12H17NO3/c14-10-2-1-9(11(15)7-10)8-12(16)3-5-13-6-4-12/h1-2,7,13-16H,3-6,8H2. The Morgan fingerprint density at radius 1 is 1.19 bits per heavy atom. The second kappa shape index (κ2) is 4.31. The van der Waals surface area contributed by atoms with E-state index >= 15 is 0 Å². The van der Waals surface area contributed by atoms with Gasteiger partial charge in [0, 0.05) is 12.5 Å². The Hall–Kier alpha value is -1.26. The van der Waals surface area contributed by atoms with Gasteiger partial charge in [-0.3, -0.25) is 0 Å². The monoisotopic (exact) mass is 223 g/mol. The molecule has 1 heterocycles. The first-order chi connectivity index (χ1) is 7.59. The van der Waals surface area contributed by atoms with Crippen molar-refractivity contribution in [2.24, 2.45) is 0 Å². The van der Waals surface area contributed by atoms with Crippen LogP contribution in [0.2, 0.25) is 0 Å². The highest BCUT2D eigenvalue weighted by molar-refractivity contribution is 5.39. The van der Waals surface area contributed by atoms with Gasteiger partial charge < -0.3 is 20.6 Å². The zero-order valence-corrected chi connectivity index (χ0v) is 9.11. The zero-order valence-electron chi connectivity index (χ0n) is 9.11. The summed E-state index contributed by atoms with van der Waals surface area (Å²) in [6, 6.07) is 4.49. The fraction of sp³-hybridized carbons (Fsp3) is 0.500. The van der Waals surface area contributed by atoms with Crippen molar-refractivity contribution >= 4 is 0 Å². The van der Waals surface area contributed by atoms with Crippen LogP contribution in [0.25, 0.3) is 0 Å². The Balaban J connectivity index is 2.13. The minimum absolute atomic E-state index is 0.0403. The molecule has 0 saturated carbocycles. The van der Waals surface area contributed by atoms with Gasteiger partial charge in [-0.1, -0.05) is 6.07 Å². The number of phenols is 2. The van der Waals surface area contributed by atoms with Crippen molar-refractivity contribution in [3.05, 3.63) is 23.8 Å². The molecule has 1 aliphatic rings. The minimum Gasteiger partial charge on any atom is -0.508 e. The average molecular weight is 223 g/mol. The molecule has 2 rings (SSSR count). The molecule has 1 saturated heterocycles. The van der Waals surface area contributed by atoms with Gasteiger partial charge in [-0.2, -0.15) is 0 Å². The molecule has 1 aliphatic heterocycles. The molecule has 0 unspecified atom stereocenters. The molecule has 1 aromatic carbocycles. The summed E-state index contributed by atoms with van der Waals surface area (Å²) in [5.41, 5.74) is -0.0538. The number of aliphatic hydroxyl groups is 1. The van der Waals surface area contributed by atoms with Crippen LogP contribution in [0.5, 0.6) is 11.5 Å². The molecule has 4 N–H and O–H groups in total. The Labute approximate surface area is 94.5 Å². The molecule has 0 amide bonds. The molecule has 0 spiro atoms. The largest absolute Gasteiger partial charge is 0.508 e. The van der Waals surface area contributed by atoms with E-state index in [0.29, 0.717) is 24.8 Å². The molecule has 0 radical (unpaired) electrons. The van der Waals surface area contributed by atoms with E-state index in [2.05, 4.69) is 5.32 Å². The zero-order chi connectivity index (χ0) is 11.6. The van der Waals surface area contributed by atoms with Crippen molar-refractivity contribution in [2.75, 3.05) is 13.1 Å². The summed E-state index contributed by atoms with van der Waals surface area (Å²) in [6.07, 6.45) is 1.81. The summed E-state index contributed by atoms with van der Waals surface area (Å²) in [4.78, 5) is 0. The molecule has 0 aromatic heterocycles. The average Bonchev–Trinajstić information content (AvgIpc) is 2.23. The number of rotatable bonds is 2. The van der Waals surface area contributed by atoms with Gasteiger partial charge in [-0.25, -0.2) is 0 Å². The van der Waals surface area contributed by atoms with E-state index in [0.717, 1.165) is 13.1 Å². The van der Waals surface area contributed by atoms with Crippen LogP contribution in [0.1, 0.15) is 18.4 Å². The number of phenolic OH excluding ortho intramolecular Hbond substituents is 2. The van der Waals surface area contributed by atoms with Crippen molar-refractivity contribution in [1.29, 1.82) is 0 Å². The van der Waals surface area contributed by atoms with Crippen LogP contribution in [-0.4, -0.2) is 34.0 Å². The Morgan fingerprint density at radius 3 is 2.50 bits per heavy atom. The number of hydrogen-bond acceptors (Lipinski definition) is 4. The maximum absolute atomic E-state index is 10.3. The molecule has 0 aliphatic carbocycles. The lowest BCUT2D eigenvalue weighted by atomic mass is 9.86. The van der Waals surface area contributed by atoms with Crippen molar-refractivity contribution < 1.29 is 15.3 Å². The van der Waals surface area contributed by atoms with Gasteiger partial charge in [0.2, 0.25) is 0 Å². The van der Waals surface area contributed by atoms with Crippen molar-refractivity contribution in [2.45, 2.75) is 24.9 Å². The van der Waals surface area contributed by atoms with Gasteiger partial charge in [-0.15, -0.1) is 0 Å². The molecule has 88 valence electrons. The lowest BCUT2D eigenvalue weighted by Crippen LogP contribution is -2.43. The maximum atomic E-state index is 10.3. The number of hydrogen-bond donors (Lipinski definition) is 4. The molecule has 1 aromatic rings. The first-order valence-electron chi connectivity index (χ1n) is 5.53. The number of nitrogens with one attached hydrogen (secondary N) is 1. The molecular weight excluding hydrogens is 206 g/mol. The maximum Gasteiger partial charge on any atom is 0.122 e.